The predicted octanol–water partition coefficient (Wildman–Crippen LogP) is 6.69. The number of hydrogen-bond donors (Lipinski definition) is 2. The monoisotopic (exact) mass is 538 g/mol. The second-order valence-corrected chi connectivity index (χ2v) is 9.80. The normalized spacial score (nSPS) is 12.4. The summed E-state index contributed by atoms with van der Waals surface area (Å²) < 4.78 is 10.9. The number of benzene rings is 5. The van der Waals surface area contributed by atoms with Crippen LogP contribution in [0.4, 0.5) is 0 Å². The Morgan fingerprint density at radius 3 is 1.78 bits per heavy atom. The van der Waals surface area contributed by atoms with E-state index in [2.05, 4.69) is 11.8 Å². The Labute approximate surface area is 238 Å². The molecule has 0 radical (unpaired) electrons. The number of carbonyl (C=O) groups is 1. The van der Waals surface area contributed by atoms with Crippen molar-refractivity contribution in [2.75, 3.05) is 14.2 Å². The van der Waals surface area contributed by atoms with Gasteiger partial charge in [-0.15, -0.1) is 0 Å². The number of rotatable bonds is 5. The highest BCUT2D eigenvalue weighted by atomic mass is 16.5. The van der Waals surface area contributed by atoms with E-state index in [0.717, 1.165) is 39.7 Å². The standard InChI is InChI=1S/C36H26O5/c1-40-29-14-7-25(8-15-29)36(26-9-16-30(41-2)17-10-26)34-21-28(39)13-20-32(34)33-19-6-24(22-37)31(35(33)36)18-5-23-3-11-27(38)12-4-23/h3-4,6-17,19-22,38-39H,1-2H3. The fraction of sp³-hybridized carbons (Fsp3) is 0.0833. The maximum atomic E-state index is 12.5. The highest BCUT2D eigenvalue weighted by Crippen LogP contribution is 2.58. The molecule has 0 heterocycles. The van der Waals surface area contributed by atoms with E-state index in [1.54, 1.807) is 56.7 Å². The minimum atomic E-state index is -0.931. The number of phenolic OH excluding ortho intramolecular Hbond substituents is 2. The van der Waals surface area contributed by atoms with E-state index < -0.39 is 5.41 Å². The lowest BCUT2D eigenvalue weighted by Crippen LogP contribution is -2.30. The lowest BCUT2D eigenvalue weighted by Gasteiger charge is -2.35. The molecule has 1 aliphatic carbocycles. The number of methoxy groups -OCH3 is 2. The van der Waals surface area contributed by atoms with Gasteiger partial charge in [-0.25, -0.2) is 0 Å². The molecule has 0 bridgehead atoms. The first-order chi connectivity index (χ1) is 20.0. The van der Waals surface area contributed by atoms with Crippen LogP contribution in [-0.4, -0.2) is 30.7 Å². The number of ether oxygens (including phenoxy) is 2. The second-order valence-electron chi connectivity index (χ2n) is 9.80. The summed E-state index contributed by atoms with van der Waals surface area (Å²) in [6, 6.07) is 31.4. The maximum absolute atomic E-state index is 12.5. The largest absolute Gasteiger partial charge is 0.508 e. The smallest absolute Gasteiger partial charge is 0.151 e. The second kappa shape index (κ2) is 10.3. The van der Waals surface area contributed by atoms with Crippen LogP contribution < -0.4 is 9.47 Å². The van der Waals surface area contributed by atoms with Gasteiger partial charge in [0, 0.05) is 16.7 Å². The molecule has 2 N–H and O–H groups in total. The minimum absolute atomic E-state index is 0.135. The molecule has 5 heteroatoms. The van der Waals surface area contributed by atoms with Gasteiger partial charge in [-0.1, -0.05) is 48.2 Å². The fourth-order valence-corrected chi connectivity index (χ4v) is 5.81. The molecule has 5 nitrogen and oxygen atoms in total. The van der Waals surface area contributed by atoms with Gasteiger partial charge in [-0.3, -0.25) is 4.79 Å². The molecule has 0 saturated heterocycles. The molecule has 6 rings (SSSR count). The average Bonchev–Trinajstić information content (AvgIpc) is 3.31. The Kier molecular flexibility index (Phi) is 6.45. The molecule has 41 heavy (non-hydrogen) atoms. The fourth-order valence-electron chi connectivity index (χ4n) is 5.81. The molecular formula is C36H26O5. The van der Waals surface area contributed by atoms with Crippen LogP contribution in [0.25, 0.3) is 11.1 Å². The summed E-state index contributed by atoms with van der Waals surface area (Å²) in [6.45, 7) is 0. The van der Waals surface area contributed by atoms with E-state index in [0.29, 0.717) is 28.2 Å². The SMILES string of the molecule is COc1ccc(C2(c3ccc(OC)cc3)c3cc(O)ccc3-c3ccc(C=O)c(C#Cc4ccc(O)cc4)c32)cc1. The molecule has 0 unspecified atom stereocenters. The van der Waals surface area contributed by atoms with Gasteiger partial charge in [0.2, 0.25) is 0 Å². The van der Waals surface area contributed by atoms with Crippen molar-refractivity contribution in [3.63, 3.8) is 0 Å². The maximum Gasteiger partial charge on any atom is 0.151 e. The van der Waals surface area contributed by atoms with Gasteiger partial charge in [0.15, 0.2) is 6.29 Å². The topological polar surface area (TPSA) is 76.0 Å². The quantitative estimate of drug-likeness (QED) is 0.189. The van der Waals surface area contributed by atoms with Crippen LogP contribution in [0.15, 0.2) is 103 Å². The van der Waals surface area contributed by atoms with E-state index in [1.807, 2.05) is 60.7 Å². The number of fused-ring (bicyclic) bond motifs is 3. The van der Waals surface area contributed by atoms with Crippen molar-refractivity contribution in [1.29, 1.82) is 0 Å². The molecule has 0 amide bonds. The van der Waals surface area contributed by atoms with Crippen LogP contribution in [0.3, 0.4) is 0 Å². The van der Waals surface area contributed by atoms with Crippen LogP contribution in [0, 0.1) is 11.8 Å². The van der Waals surface area contributed by atoms with Gasteiger partial charge in [0.05, 0.1) is 19.6 Å². The summed E-state index contributed by atoms with van der Waals surface area (Å²) in [5, 5.41) is 20.5. The lowest BCUT2D eigenvalue weighted by molar-refractivity contribution is 0.112. The summed E-state index contributed by atoms with van der Waals surface area (Å²) in [7, 11) is 3.25. The van der Waals surface area contributed by atoms with Gasteiger partial charge < -0.3 is 19.7 Å². The van der Waals surface area contributed by atoms with Gasteiger partial charge >= 0.3 is 0 Å². The Morgan fingerprint density at radius 1 is 0.659 bits per heavy atom. The summed E-state index contributed by atoms with van der Waals surface area (Å²) in [6.07, 6.45) is 0.828. The molecule has 0 aromatic heterocycles. The Balaban J connectivity index is 1.76. The van der Waals surface area contributed by atoms with Crippen molar-refractivity contribution in [3.8, 4) is 46.0 Å². The highest BCUT2D eigenvalue weighted by molar-refractivity contribution is 5.93. The number of phenols is 2. The van der Waals surface area contributed by atoms with Gasteiger partial charge in [-0.2, -0.15) is 0 Å². The van der Waals surface area contributed by atoms with Gasteiger partial charge in [-0.05, 0) is 100 Å². The number of hydrogen-bond acceptors (Lipinski definition) is 5. The number of aldehydes is 1. The van der Waals surface area contributed by atoms with Gasteiger partial charge in [0.1, 0.15) is 23.0 Å². The minimum Gasteiger partial charge on any atom is -0.508 e. The molecule has 0 spiro atoms. The Bertz CT molecular complexity index is 1780. The molecule has 0 atom stereocenters. The first-order valence-corrected chi connectivity index (χ1v) is 13.1. The molecule has 5 aromatic carbocycles. The molecule has 0 saturated carbocycles. The number of aromatic hydroxyl groups is 2. The van der Waals surface area contributed by atoms with Crippen molar-refractivity contribution in [2.45, 2.75) is 5.41 Å². The van der Waals surface area contributed by atoms with Crippen LogP contribution in [0.5, 0.6) is 23.0 Å². The zero-order valence-electron chi connectivity index (χ0n) is 22.5. The highest BCUT2D eigenvalue weighted by Gasteiger charge is 2.48. The van der Waals surface area contributed by atoms with Crippen LogP contribution in [-0.2, 0) is 5.41 Å². The van der Waals surface area contributed by atoms with Crippen LogP contribution >= 0.6 is 0 Å². The summed E-state index contributed by atoms with van der Waals surface area (Å²) in [4.78, 5) is 12.5. The number of carbonyl (C=O) groups excluding carboxylic acids is 1. The van der Waals surface area contributed by atoms with Crippen molar-refractivity contribution in [1.82, 2.24) is 0 Å². The molecular weight excluding hydrogens is 512 g/mol. The van der Waals surface area contributed by atoms with Crippen molar-refractivity contribution in [2.24, 2.45) is 0 Å². The van der Waals surface area contributed by atoms with Crippen molar-refractivity contribution in [3.05, 3.63) is 142 Å². The third kappa shape index (κ3) is 4.18. The van der Waals surface area contributed by atoms with Gasteiger partial charge in [0.25, 0.3) is 0 Å². The zero-order valence-corrected chi connectivity index (χ0v) is 22.5. The van der Waals surface area contributed by atoms with E-state index in [9.17, 15) is 15.0 Å². The molecule has 1 aliphatic rings. The van der Waals surface area contributed by atoms with E-state index in [4.69, 9.17) is 9.47 Å². The summed E-state index contributed by atoms with van der Waals surface area (Å²) in [5.41, 5.74) is 6.25. The third-order valence-electron chi connectivity index (χ3n) is 7.68. The molecule has 0 aliphatic heterocycles. The van der Waals surface area contributed by atoms with E-state index in [-0.39, 0.29) is 11.5 Å². The average molecular weight is 539 g/mol. The summed E-state index contributed by atoms with van der Waals surface area (Å²) >= 11 is 0. The Morgan fingerprint density at radius 2 is 1.22 bits per heavy atom. The molecule has 5 aromatic rings. The lowest BCUT2D eigenvalue weighted by atomic mass is 9.66. The van der Waals surface area contributed by atoms with E-state index in [1.165, 1.54) is 0 Å². The Hall–Kier alpha value is -5.47. The van der Waals surface area contributed by atoms with Crippen molar-refractivity contribution >= 4 is 6.29 Å². The van der Waals surface area contributed by atoms with Crippen molar-refractivity contribution < 1.29 is 24.5 Å². The summed E-state index contributed by atoms with van der Waals surface area (Å²) in [5.74, 6) is 8.22. The first-order valence-electron chi connectivity index (χ1n) is 13.1. The third-order valence-corrected chi connectivity index (χ3v) is 7.68. The first kappa shape index (κ1) is 25.8. The molecule has 200 valence electrons. The van der Waals surface area contributed by atoms with E-state index >= 15 is 0 Å². The van der Waals surface area contributed by atoms with Crippen LogP contribution in [0.2, 0.25) is 0 Å². The zero-order chi connectivity index (χ0) is 28.6. The molecule has 0 fully saturated rings. The predicted molar refractivity (Wildman–Crippen MR) is 158 cm³/mol. The van der Waals surface area contributed by atoms with Crippen LogP contribution in [0.1, 0.15) is 43.7 Å².